The van der Waals surface area contributed by atoms with E-state index in [9.17, 15) is 18.0 Å². The first-order chi connectivity index (χ1) is 9.47. The molecule has 0 radical (unpaired) electrons. The Labute approximate surface area is 113 Å². The molecule has 0 saturated carbocycles. The SMILES string of the molecule is O=C(NCC1COCCN1)c1ccc(C(F)(F)F)cn1. The van der Waals surface area contributed by atoms with Gasteiger partial charge in [0.2, 0.25) is 0 Å². The standard InChI is InChI=1S/C12H14F3N3O2/c13-12(14,15)8-1-2-10(17-5-8)11(19)18-6-9-7-20-4-3-16-9/h1-2,5,9,16H,3-4,6-7H2,(H,18,19). The van der Waals surface area contributed by atoms with Crippen molar-refractivity contribution in [2.75, 3.05) is 26.3 Å². The van der Waals surface area contributed by atoms with Crippen molar-refractivity contribution in [1.29, 1.82) is 0 Å². The fourth-order valence-electron chi connectivity index (χ4n) is 1.75. The van der Waals surface area contributed by atoms with Crippen molar-refractivity contribution >= 4 is 5.91 Å². The molecule has 1 aliphatic heterocycles. The number of hydrogen-bond acceptors (Lipinski definition) is 4. The van der Waals surface area contributed by atoms with Crippen molar-refractivity contribution in [3.8, 4) is 0 Å². The number of carbonyl (C=O) groups is 1. The topological polar surface area (TPSA) is 63.2 Å². The van der Waals surface area contributed by atoms with Gasteiger partial charge in [0.25, 0.3) is 5.91 Å². The second kappa shape index (κ2) is 6.19. The van der Waals surface area contributed by atoms with Crippen molar-refractivity contribution < 1.29 is 22.7 Å². The van der Waals surface area contributed by atoms with Gasteiger partial charge in [0.05, 0.1) is 18.8 Å². The maximum Gasteiger partial charge on any atom is 0.417 e. The zero-order chi connectivity index (χ0) is 14.6. The summed E-state index contributed by atoms with van der Waals surface area (Å²) in [7, 11) is 0. The third kappa shape index (κ3) is 3.91. The van der Waals surface area contributed by atoms with Gasteiger partial charge >= 0.3 is 6.18 Å². The third-order valence-corrected chi connectivity index (χ3v) is 2.83. The van der Waals surface area contributed by atoms with E-state index < -0.39 is 17.6 Å². The van der Waals surface area contributed by atoms with Gasteiger partial charge in [-0.2, -0.15) is 13.2 Å². The first-order valence-corrected chi connectivity index (χ1v) is 6.09. The summed E-state index contributed by atoms with van der Waals surface area (Å²) in [5.41, 5.74) is -0.925. The molecule has 0 aliphatic carbocycles. The molecule has 5 nitrogen and oxygen atoms in total. The Bertz CT molecular complexity index is 456. The molecular weight excluding hydrogens is 275 g/mol. The lowest BCUT2D eigenvalue weighted by Gasteiger charge is -2.23. The van der Waals surface area contributed by atoms with Crippen LogP contribution in [0.15, 0.2) is 18.3 Å². The molecule has 0 spiro atoms. The van der Waals surface area contributed by atoms with E-state index in [0.29, 0.717) is 32.5 Å². The van der Waals surface area contributed by atoms with Crippen molar-refractivity contribution in [3.63, 3.8) is 0 Å². The summed E-state index contributed by atoms with van der Waals surface area (Å²) in [5.74, 6) is -0.508. The largest absolute Gasteiger partial charge is 0.417 e. The molecule has 0 bridgehead atoms. The zero-order valence-corrected chi connectivity index (χ0v) is 10.5. The Hall–Kier alpha value is -1.67. The smallest absolute Gasteiger partial charge is 0.378 e. The second-order valence-corrected chi connectivity index (χ2v) is 4.37. The molecule has 1 fully saturated rings. The first kappa shape index (κ1) is 14.7. The van der Waals surface area contributed by atoms with Gasteiger partial charge in [-0.3, -0.25) is 9.78 Å². The quantitative estimate of drug-likeness (QED) is 0.865. The van der Waals surface area contributed by atoms with Crippen LogP contribution >= 0.6 is 0 Å². The van der Waals surface area contributed by atoms with E-state index in [1.54, 1.807) is 0 Å². The van der Waals surface area contributed by atoms with Crippen molar-refractivity contribution in [1.82, 2.24) is 15.6 Å². The van der Waals surface area contributed by atoms with Gasteiger partial charge in [-0.05, 0) is 12.1 Å². The molecule has 2 rings (SSSR count). The van der Waals surface area contributed by atoms with Crippen LogP contribution in [-0.2, 0) is 10.9 Å². The Balaban J connectivity index is 1.89. The molecule has 1 aliphatic rings. The number of carbonyl (C=O) groups excluding carboxylic acids is 1. The summed E-state index contributed by atoms with van der Waals surface area (Å²) in [6.45, 7) is 2.16. The molecule has 1 amide bonds. The van der Waals surface area contributed by atoms with E-state index in [0.717, 1.165) is 12.1 Å². The van der Waals surface area contributed by atoms with Gasteiger partial charge in [-0.15, -0.1) is 0 Å². The second-order valence-electron chi connectivity index (χ2n) is 4.37. The summed E-state index contributed by atoms with van der Waals surface area (Å²) >= 11 is 0. The molecule has 2 heterocycles. The number of halogens is 3. The highest BCUT2D eigenvalue weighted by molar-refractivity contribution is 5.92. The maximum atomic E-state index is 12.3. The van der Waals surface area contributed by atoms with Crippen LogP contribution in [0.4, 0.5) is 13.2 Å². The van der Waals surface area contributed by atoms with E-state index >= 15 is 0 Å². The van der Waals surface area contributed by atoms with E-state index in [2.05, 4.69) is 15.6 Å². The van der Waals surface area contributed by atoms with Crippen LogP contribution in [0.25, 0.3) is 0 Å². The minimum Gasteiger partial charge on any atom is -0.378 e. The molecule has 2 N–H and O–H groups in total. The van der Waals surface area contributed by atoms with E-state index in [1.165, 1.54) is 0 Å². The molecule has 1 atom stereocenters. The summed E-state index contributed by atoms with van der Waals surface area (Å²) < 4.78 is 42.3. The lowest BCUT2D eigenvalue weighted by Crippen LogP contribution is -2.48. The summed E-state index contributed by atoms with van der Waals surface area (Å²) in [6.07, 6.45) is -3.80. The number of amides is 1. The minimum atomic E-state index is -4.45. The molecule has 0 aromatic carbocycles. The van der Waals surface area contributed by atoms with Gasteiger partial charge in [0.15, 0.2) is 0 Å². The number of nitrogens with one attached hydrogen (secondary N) is 2. The summed E-state index contributed by atoms with van der Waals surface area (Å²) in [5, 5.41) is 5.75. The Morgan fingerprint density at radius 1 is 1.50 bits per heavy atom. The van der Waals surface area contributed by atoms with E-state index in [4.69, 9.17) is 4.74 Å². The number of ether oxygens (including phenoxy) is 1. The average molecular weight is 289 g/mol. The number of rotatable bonds is 3. The highest BCUT2D eigenvalue weighted by atomic mass is 19.4. The Morgan fingerprint density at radius 2 is 2.30 bits per heavy atom. The monoisotopic (exact) mass is 289 g/mol. The number of nitrogens with zero attached hydrogens (tertiary/aromatic N) is 1. The highest BCUT2D eigenvalue weighted by Gasteiger charge is 2.30. The predicted molar refractivity (Wildman–Crippen MR) is 64.2 cm³/mol. The fourth-order valence-corrected chi connectivity index (χ4v) is 1.75. The third-order valence-electron chi connectivity index (χ3n) is 2.83. The predicted octanol–water partition coefficient (Wildman–Crippen LogP) is 0.819. The number of aromatic nitrogens is 1. The van der Waals surface area contributed by atoms with Crippen molar-refractivity contribution in [2.24, 2.45) is 0 Å². The Kier molecular flexibility index (Phi) is 4.56. The lowest BCUT2D eigenvalue weighted by atomic mass is 10.2. The Morgan fingerprint density at radius 3 is 2.85 bits per heavy atom. The van der Waals surface area contributed by atoms with Crippen LogP contribution in [0, 0.1) is 0 Å². The summed E-state index contributed by atoms with van der Waals surface area (Å²) in [6, 6.07) is 1.90. The fraction of sp³-hybridized carbons (Fsp3) is 0.500. The minimum absolute atomic E-state index is 0.00199. The van der Waals surface area contributed by atoms with Gasteiger partial charge in [0, 0.05) is 25.3 Å². The molecule has 1 aromatic heterocycles. The number of morpholine rings is 1. The van der Waals surface area contributed by atoms with Gasteiger partial charge in [0.1, 0.15) is 5.69 Å². The summed E-state index contributed by atoms with van der Waals surface area (Å²) in [4.78, 5) is 15.2. The zero-order valence-electron chi connectivity index (χ0n) is 10.5. The van der Waals surface area contributed by atoms with Gasteiger partial charge < -0.3 is 15.4 Å². The van der Waals surface area contributed by atoms with Crippen LogP contribution in [0.3, 0.4) is 0 Å². The lowest BCUT2D eigenvalue weighted by molar-refractivity contribution is -0.137. The van der Waals surface area contributed by atoms with Crippen LogP contribution in [-0.4, -0.2) is 43.2 Å². The van der Waals surface area contributed by atoms with E-state index in [-0.39, 0.29) is 11.7 Å². The van der Waals surface area contributed by atoms with Gasteiger partial charge in [-0.25, -0.2) is 0 Å². The van der Waals surface area contributed by atoms with Crippen LogP contribution in [0.5, 0.6) is 0 Å². The van der Waals surface area contributed by atoms with Crippen molar-refractivity contribution in [2.45, 2.75) is 12.2 Å². The number of pyridine rings is 1. The molecule has 1 aromatic rings. The van der Waals surface area contributed by atoms with Gasteiger partial charge in [-0.1, -0.05) is 0 Å². The molecular formula is C12H14F3N3O2. The van der Waals surface area contributed by atoms with E-state index in [1.807, 2.05) is 0 Å². The molecule has 8 heteroatoms. The molecule has 110 valence electrons. The van der Waals surface area contributed by atoms with Crippen molar-refractivity contribution in [3.05, 3.63) is 29.6 Å². The molecule has 1 saturated heterocycles. The number of hydrogen-bond donors (Lipinski definition) is 2. The molecule has 1 unspecified atom stereocenters. The highest BCUT2D eigenvalue weighted by Crippen LogP contribution is 2.28. The number of alkyl halides is 3. The van der Waals surface area contributed by atoms with Crippen LogP contribution < -0.4 is 10.6 Å². The maximum absolute atomic E-state index is 12.3. The normalized spacial score (nSPS) is 19.6. The molecule has 20 heavy (non-hydrogen) atoms. The van der Waals surface area contributed by atoms with Crippen LogP contribution in [0.1, 0.15) is 16.1 Å². The first-order valence-electron chi connectivity index (χ1n) is 6.09. The van der Waals surface area contributed by atoms with Crippen LogP contribution in [0.2, 0.25) is 0 Å². The average Bonchev–Trinajstić information content (AvgIpc) is 2.45.